The predicted molar refractivity (Wildman–Crippen MR) is 217 cm³/mol. The van der Waals surface area contributed by atoms with E-state index >= 15 is 0 Å². The number of nitrogens with zero attached hydrogens (tertiary/aromatic N) is 2. The fourth-order valence-corrected chi connectivity index (χ4v) is 9.31. The first-order valence-electron chi connectivity index (χ1n) is 19.1. The summed E-state index contributed by atoms with van der Waals surface area (Å²) in [7, 11) is 6.09. The number of alkyl carbamates (subject to hydrolysis) is 1. The molecule has 1 aromatic rings. The molecule has 56 heavy (non-hydrogen) atoms. The van der Waals surface area contributed by atoms with Crippen LogP contribution in [0.5, 0.6) is 5.75 Å². The zero-order chi connectivity index (χ0) is 41.9. The molecule has 4 bridgehead atoms. The van der Waals surface area contributed by atoms with Gasteiger partial charge in [0.1, 0.15) is 40.7 Å². The molecule has 0 radical (unpaired) electrons. The second-order valence-corrected chi connectivity index (χ2v) is 19.0. The second-order valence-electron chi connectivity index (χ2n) is 16.3. The second kappa shape index (κ2) is 18.1. The summed E-state index contributed by atoms with van der Waals surface area (Å²) in [5.74, 6) is -1.49. The van der Waals surface area contributed by atoms with Crippen LogP contribution in [0.4, 0.5) is 10.5 Å². The lowest BCUT2D eigenvalue weighted by molar-refractivity contribution is -0.162. The van der Waals surface area contributed by atoms with Crippen LogP contribution in [0, 0.1) is 5.92 Å². The number of rotatable bonds is 10. The third kappa shape index (κ3) is 10.6. The average molecular weight is 822 g/mol. The van der Waals surface area contributed by atoms with Gasteiger partial charge in [-0.15, -0.1) is 0 Å². The fourth-order valence-electron chi connectivity index (χ4n) is 7.50. The number of thioether (sulfide) groups is 1. The van der Waals surface area contributed by atoms with Crippen molar-refractivity contribution in [2.75, 3.05) is 33.2 Å². The van der Waals surface area contributed by atoms with E-state index in [-0.39, 0.29) is 34.9 Å². The number of nitrogens with one attached hydrogen (secondary N) is 1. The Kier molecular flexibility index (Phi) is 14.7. The van der Waals surface area contributed by atoms with Gasteiger partial charge in [0.2, 0.25) is 11.8 Å². The Morgan fingerprint density at radius 2 is 1.89 bits per heavy atom. The van der Waals surface area contributed by atoms with Gasteiger partial charge in [-0.1, -0.05) is 70.0 Å². The third-order valence-electron chi connectivity index (χ3n) is 11.0. The van der Waals surface area contributed by atoms with E-state index < -0.39 is 65.7 Å². The molecule has 312 valence electrons. The number of ether oxygens (including phenoxy) is 5. The first kappa shape index (κ1) is 45.4. The van der Waals surface area contributed by atoms with Crippen LogP contribution in [0.1, 0.15) is 86.6 Å². The summed E-state index contributed by atoms with van der Waals surface area (Å²) in [6.07, 6.45) is 1.85. The van der Waals surface area contributed by atoms with Crippen LogP contribution in [-0.2, 0) is 39.8 Å². The summed E-state index contributed by atoms with van der Waals surface area (Å²) < 4.78 is 29.2. The van der Waals surface area contributed by atoms with Gasteiger partial charge in [-0.25, -0.2) is 9.59 Å². The minimum atomic E-state index is -1.83. The van der Waals surface area contributed by atoms with Gasteiger partial charge >= 0.3 is 12.1 Å². The number of likely N-dealkylation sites (N-methyl/N-ethyl adjacent to an activating group) is 1. The van der Waals surface area contributed by atoms with Gasteiger partial charge in [0.05, 0.1) is 25.3 Å². The lowest BCUT2D eigenvalue weighted by Crippen LogP contribution is -2.63. The molecular weight excluding hydrogens is 762 g/mol. The van der Waals surface area contributed by atoms with Crippen LogP contribution in [0.25, 0.3) is 0 Å². The van der Waals surface area contributed by atoms with Crippen molar-refractivity contribution >= 4 is 52.9 Å². The van der Waals surface area contributed by atoms with E-state index in [0.717, 1.165) is 11.1 Å². The highest BCUT2D eigenvalue weighted by Gasteiger charge is 2.64. The van der Waals surface area contributed by atoms with Crippen molar-refractivity contribution in [1.82, 2.24) is 10.2 Å². The Morgan fingerprint density at radius 3 is 2.52 bits per heavy atom. The van der Waals surface area contributed by atoms with Crippen molar-refractivity contribution in [3.63, 3.8) is 0 Å². The minimum absolute atomic E-state index is 0.0476. The third-order valence-corrected chi connectivity index (χ3v) is 12.7. The van der Waals surface area contributed by atoms with Crippen LogP contribution in [0.3, 0.4) is 0 Å². The fraction of sp³-hybridized carbons (Fsp3) is 0.659. The van der Waals surface area contributed by atoms with Gasteiger partial charge in [-0.3, -0.25) is 14.9 Å². The van der Waals surface area contributed by atoms with Crippen molar-refractivity contribution in [2.24, 2.45) is 5.92 Å². The maximum atomic E-state index is 14.2. The zero-order valence-corrected chi connectivity index (χ0v) is 36.3. The molecule has 0 saturated carbocycles. The van der Waals surface area contributed by atoms with Crippen molar-refractivity contribution in [3.8, 4) is 5.75 Å². The van der Waals surface area contributed by atoms with Crippen LogP contribution in [0.15, 0.2) is 35.9 Å². The number of aliphatic hydroxyl groups is 1. The molecule has 0 spiro atoms. The maximum absolute atomic E-state index is 14.2. The molecule has 0 aromatic heterocycles. The normalized spacial score (nSPS) is 30.6. The monoisotopic (exact) mass is 821 g/mol. The standard InChI is InChI=1S/C41H60ClN3O10S/c1-23(2)56-39(6,7)17-16-33(46)44(9)26(5)37(48)54-32-21-34(47)45(10)28-19-27(20-29(51-11)35(28)42)18-24(3)14-13-15-31(52-12)41(50)22-30(53-38(49)43-41)25(4)36-40(32,8)55-36/h13-15,19-20,23,25-26,30-32,36,50H,16-18,21-22H2,1-12H3,(H,43,49)/b15-13+,24-14+/t25-,26+,30+,31-,32+,36+,40+,41+/m1/s1. The largest absolute Gasteiger partial charge is 0.495 e. The van der Waals surface area contributed by atoms with Crippen LogP contribution >= 0.6 is 23.4 Å². The summed E-state index contributed by atoms with van der Waals surface area (Å²) in [4.78, 5) is 57.1. The molecule has 0 unspecified atom stereocenters. The van der Waals surface area contributed by atoms with E-state index in [1.54, 1.807) is 64.0 Å². The summed E-state index contributed by atoms with van der Waals surface area (Å²) >= 11 is 8.58. The molecule has 4 rings (SSSR count). The van der Waals surface area contributed by atoms with Crippen molar-refractivity contribution in [1.29, 1.82) is 0 Å². The first-order valence-corrected chi connectivity index (χ1v) is 20.3. The Labute approximate surface area is 340 Å². The summed E-state index contributed by atoms with van der Waals surface area (Å²) in [5, 5.41) is 14.9. The number of allylic oxidation sites excluding steroid dienone is 3. The number of hydrogen-bond acceptors (Lipinski definition) is 11. The SMILES string of the molecule is COc1cc2cc(c1Cl)N(C)C(=O)C[C@H](OC(=O)[C@H](C)N(C)C(=O)CCC(C)(C)SC(C)C)[C@]1(C)O[C@H]1[C@H](C)[C@@H]1C[C@@](O)(NC(=O)O1)[C@H](OC)/C=C/C=C(\C)C2. The number of halogens is 1. The van der Waals surface area contributed by atoms with Crippen LogP contribution < -0.4 is 15.0 Å². The van der Waals surface area contributed by atoms with E-state index in [2.05, 4.69) is 33.0 Å². The van der Waals surface area contributed by atoms with Crippen LogP contribution in [-0.4, -0.2) is 114 Å². The zero-order valence-electron chi connectivity index (χ0n) is 34.8. The van der Waals surface area contributed by atoms with Crippen molar-refractivity contribution in [3.05, 3.63) is 46.5 Å². The molecule has 1 aromatic carbocycles. The number of esters is 1. The number of fused-ring (bicyclic) bond motifs is 5. The summed E-state index contributed by atoms with van der Waals surface area (Å²) in [6, 6.07) is 2.63. The van der Waals surface area contributed by atoms with Gasteiger partial charge in [-0.05, 0) is 56.6 Å². The lowest BCUT2D eigenvalue weighted by atomic mass is 9.83. The van der Waals surface area contributed by atoms with E-state index in [1.807, 2.05) is 19.9 Å². The van der Waals surface area contributed by atoms with E-state index in [0.29, 0.717) is 29.5 Å². The number of carbonyl (C=O) groups excluding carboxylic acids is 4. The number of carbonyl (C=O) groups is 4. The van der Waals surface area contributed by atoms with Gasteiger partial charge < -0.3 is 38.6 Å². The molecule has 13 nitrogen and oxygen atoms in total. The molecule has 0 aliphatic carbocycles. The molecule has 2 fully saturated rings. The summed E-state index contributed by atoms with van der Waals surface area (Å²) in [5.41, 5.74) is -0.900. The highest BCUT2D eigenvalue weighted by atomic mass is 35.5. The van der Waals surface area contributed by atoms with Crippen molar-refractivity contribution in [2.45, 2.75) is 139 Å². The molecule has 8 atom stereocenters. The Bertz CT molecular complexity index is 1700. The molecule has 3 aliphatic heterocycles. The Balaban J connectivity index is 1.70. The van der Waals surface area contributed by atoms with Gasteiger partial charge in [-0.2, -0.15) is 11.8 Å². The predicted octanol–water partition coefficient (Wildman–Crippen LogP) is 6.21. The van der Waals surface area contributed by atoms with E-state index in [1.165, 1.54) is 24.0 Å². The van der Waals surface area contributed by atoms with Gasteiger partial charge in [0, 0.05) is 44.7 Å². The number of anilines is 1. The summed E-state index contributed by atoms with van der Waals surface area (Å²) in [6.45, 7) is 15.5. The highest BCUT2D eigenvalue weighted by Crippen LogP contribution is 2.49. The number of methoxy groups -OCH3 is 2. The van der Waals surface area contributed by atoms with Crippen LogP contribution in [0.2, 0.25) is 5.02 Å². The lowest BCUT2D eigenvalue weighted by Gasteiger charge is -2.42. The Morgan fingerprint density at radius 1 is 1.21 bits per heavy atom. The van der Waals surface area contributed by atoms with Gasteiger partial charge in [0.15, 0.2) is 5.72 Å². The number of epoxide rings is 1. The number of amides is 3. The van der Waals surface area contributed by atoms with Crippen molar-refractivity contribution < 1.29 is 48.0 Å². The van der Waals surface area contributed by atoms with Gasteiger partial charge in [0.25, 0.3) is 0 Å². The molecule has 2 N–H and O–H groups in total. The maximum Gasteiger partial charge on any atom is 0.409 e. The quantitative estimate of drug-likeness (QED) is 0.204. The smallest absolute Gasteiger partial charge is 0.409 e. The number of benzene rings is 1. The molecule has 15 heteroatoms. The topological polar surface area (TPSA) is 156 Å². The van der Waals surface area contributed by atoms with E-state index in [4.69, 9.17) is 35.3 Å². The number of hydrogen-bond donors (Lipinski definition) is 2. The Hall–Kier alpha value is -3.30. The van der Waals surface area contributed by atoms with E-state index in [9.17, 15) is 24.3 Å². The molecule has 3 heterocycles. The molecule has 3 amide bonds. The average Bonchev–Trinajstić information content (AvgIpc) is 3.82. The highest BCUT2D eigenvalue weighted by molar-refractivity contribution is 8.01. The first-order chi connectivity index (χ1) is 26.0. The molecule has 2 saturated heterocycles. The molecular formula is C41H60ClN3O10S. The molecule has 3 aliphatic rings. The minimum Gasteiger partial charge on any atom is -0.495 e.